The predicted molar refractivity (Wildman–Crippen MR) is 117 cm³/mol. The number of nitrogens with zero attached hydrogens (tertiary/aromatic N) is 2. The van der Waals surface area contributed by atoms with Gasteiger partial charge in [-0.1, -0.05) is 48.3 Å². The highest BCUT2D eigenvalue weighted by Crippen LogP contribution is 2.47. The first-order valence-corrected chi connectivity index (χ1v) is 10.6. The van der Waals surface area contributed by atoms with Crippen LogP contribution in [0.15, 0.2) is 42.5 Å². The van der Waals surface area contributed by atoms with Gasteiger partial charge in [-0.05, 0) is 42.7 Å². The van der Waals surface area contributed by atoms with E-state index < -0.39 is 0 Å². The van der Waals surface area contributed by atoms with Crippen molar-refractivity contribution in [2.24, 2.45) is 0 Å². The second-order valence-electron chi connectivity index (χ2n) is 7.67. The maximum atomic E-state index is 12.7. The molecule has 4 rings (SSSR count). The fourth-order valence-electron chi connectivity index (χ4n) is 4.40. The van der Waals surface area contributed by atoms with Crippen molar-refractivity contribution in [3.8, 4) is 0 Å². The minimum Gasteiger partial charge on any atom is -0.324 e. The van der Waals surface area contributed by atoms with Crippen molar-refractivity contribution in [2.45, 2.75) is 31.6 Å². The third-order valence-corrected chi connectivity index (χ3v) is 6.57. The van der Waals surface area contributed by atoms with E-state index in [4.69, 9.17) is 23.2 Å². The minimum atomic E-state index is -0.184. The van der Waals surface area contributed by atoms with E-state index in [1.807, 2.05) is 30.0 Å². The lowest BCUT2D eigenvalue weighted by molar-refractivity contribution is -0.118. The van der Waals surface area contributed by atoms with Crippen molar-refractivity contribution in [3.63, 3.8) is 0 Å². The van der Waals surface area contributed by atoms with Crippen molar-refractivity contribution >= 4 is 46.5 Å². The number of para-hydroxylation sites is 1. The van der Waals surface area contributed by atoms with E-state index in [0.29, 0.717) is 41.8 Å². The van der Waals surface area contributed by atoms with Gasteiger partial charge >= 0.3 is 6.03 Å². The van der Waals surface area contributed by atoms with Crippen LogP contribution in [-0.2, 0) is 10.2 Å². The molecule has 2 heterocycles. The van der Waals surface area contributed by atoms with Crippen LogP contribution >= 0.6 is 23.2 Å². The number of benzene rings is 2. The van der Waals surface area contributed by atoms with Gasteiger partial charge in [0.2, 0.25) is 5.91 Å². The van der Waals surface area contributed by atoms with Gasteiger partial charge in [-0.2, -0.15) is 0 Å². The zero-order valence-corrected chi connectivity index (χ0v) is 17.8. The summed E-state index contributed by atoms with van der Waals surface area (Å²) in [6, 6.07) is 13.0. The molecule has 0 aromatic heterocycles. The maximum absolute atomic E-state index is 12.7. The summed E-state index contributed by atoms with van der Waals surface area (Å²) in [5.41, 5.74) is 2.66. The standard InChI is InChI=1S/C22H23Cl2N3O2/c1-2-20(28)27-14-22(16-5-3-4-6-19(16)27)9-11-26(12-10-22)21(29)25-18-13-15(23)7-8-17(18)24/h3-8,13H,2,9-12,14H2,1H3,(H,25,29). The first kappa shape index (κ1) is 20.0. The fraction of sp³-hybridized carbons (Fsp3) is 0.364. The third-order valence-electron chi connectivity index (χ3n) is 6.01. The molecule has 3 amide bonds. The van der Waals surface area contributed by atoms with Crippen molar-refractivity contribution in [2.75, 3.05) is 29.9 Å². The van der Waals surface area contributed by atoms with Crippen LogP contribution < -0.4 is 10.2 Å². The topological polar surface area (TPSA) is 52.7 Å². The molecule has 0 radical (unpaired) electrons. The van der Waals surface area contributed by atoms with Crippen LogP contribution in [0.2, 0.25) is 10.0 Å². The number of piperidine rings is 1. The van der Waals surface area contributed by atoms with Crippen LogP contribution in [0, 0.1) is 0 Å². The molecule has 1 spiro atoms. The van der Waals surface area contributed by atoms with Gasteiger partial charge in [0, 0.05) is 42.2 Å². The van der Waals surface area contributed by atoms with Gasteiger partial charge in [0.05, 0.1) is 10.7 Å². The molecule has 0 atom stereocenters. The Bertz CT molecular complexity index is 955. The number of urea groups is 1. The van der Waals surface area contributed by atoms with Gasteiger partial charge in [0.15, 0.2) is 0 Å². The summed E-state index contributed by atoms with van der Waals surface area (Å²) in [6.07, 6.45) is 2.11. The van der Waals surface area contributed by atoms with E-state index in [0.717, 1.165) is 18.5 Å². The molecule has 2 aromatic carbocycles. The largest absolute Gasteiger partial charge is 0.324 e. The van der Waals surface area contributed by atoms with E-state index in [1.54, 1.807) is 23.1 Å². The summed E-state index contributed by atoms with van der Waals surface area (Å²) in [5.74, 6) is 0.144. The van der Waals surface area contributed by atoms with Crippen molar-refractivity contribution in [1.29, 1.82) is 0 Å². The van der Waals surface area contributed by atoms with Crippen LogP contribution in [0.1, 0.15) is 31.7 Å². The van der Waals surface area contributed by atoms with Gasteiger partial charge in [-0.3, -0.25) is 4.79 Å². The summed E-state index contributed by atoms with van der Waals surface area (Å²) in [6.45, 7) is 3.82. The second-order valence-corrected chi connectivity index (χ2v) is 8.52. The van der Waals surface area contributed by atoms with Gasteiger partial charge in [-0.15, -0.1) is 0 Å². The number of hydrogen-bond donors (Lipinski definition) is 1. The first-order chi connectivity index (χ1) is 13.9. The molecular weight excluding hydrogens is 409 g/mol. The molecule has 2 aromatic rings. The van der Waals surface area contributed by atoms with E-state index in [9.17, 15) is 9.59 Å². The number of likely N-dealkylation sites (tertiary alicyclic amines) is 1. The highest BCUT2D eigenvalue weighted by molar-refractivity contribution is 6.35. The lowest BCUT2D eigenvalue weighted by Gasteiger charge is -2.39. The maximum Gasteiger partial charge on any atom is 0.321 e. The molecule has 0 aliphatic carbocycles. The van der Waals surface area contributed by atoms with Crippen LogP contribution in [0.5, 0.6) is 0 Å². The zero-order chi connectivity index (χ0) is 20.6. The summed E-state index contributed by atoms with van der Waals surface area (Å²) < 4.78 is 0. The van der Waals surface area contributed by atoms with E-state index in [2.05, 4.69) is 11.4 Å². The Morgan fingerprint density at radius 3 is 2.55 bits per heavy atom. The summed E-state index contributed by atoms with van der Waals surface area (Å²) in [5, 5.41) is 3.83. The van der Waals surface area contributed by atoms with Gasteiger partial charge in [-0.25, -0.2) is 4.79 Å². The number of nitrogens with one attached hydrogen (secondary N) is 1. The highest BCUT2D eigenvalue weighted by Gasteiger charge is 2.46. The third kappa shape index (κ3) is 3.69. The molecule has 5 nitrogen and oxygen atoms in total. The van der Waals surface area contributed by atoms with E-state index >= 15 is 0 Å². The number of anilines is 2. The quantitative estimate of drug-likeness (QED) is 0.699. The Morgan fingerprint density at radius 2 is 1.83 bits per heavy atom. The fourth-order valence-corrected chi connectivity index (χ4v) is 4.73. The number of amides is 3. The number of rotatable bonds is 2. The molecule has 152 valence electrons. The first-order valence-electron chi connectivity index (χ1n) is 9.84. The molecule has 2 aliphatic rings. The summed E-state index contributed by atoms with van der Waals surface area (Å²) in [4.78, 5) is 28.9. The van der Waals surface area contributed by atoms with Crippen LogP contribution in [0.3, 0.4) is 0 Å². The molecule has 2 aliphatic heterocycles. The van der Waals surface area contributed by atoms with Gasteiger partial charge in [0.25, 0.3) is 0 Å². The molecule has 0 unspecified atom stereocenters. The summed E-state index contributed by atoms with van der Waals surface area (Å²) >= 11 is 12.2. The number of fused-ring (bicyclic) bond motifs is 2. The van der Waals surface area contributed by atoms with Crippen molar-refractivity contribution in [1.82, 2.24) is 4.90 Å². The second kappa shape index (κ2) is 7.88. The van der Waals surface area contributed by atoms with Crippen LogP contribution in [-0.4, -0.2) is 36.5 Å². The normalized spacial score (nSPS) is 17.3. The Morgan fingerprint density at radius 1 is 1.10 bits per heavy atom. The SMILES string of the molecule is CCC(=O)N1CC2(CCN(C(=O)Nc3cc(Cl)ccc3Cl)CC2)c2ccccc21. The number of carbonyl (C=O) groups excluding carboxylic acids is 2. The lowest BCUT2D eigenvalue weighted by atomic mass is 9.74. The average Bonchev–Trinajstić information content (AvgIpc) is 3.05. The number of carbonyl (C=O) groups is 2. The average molecular weight is 432 g/mol. The predicted octanol–water partition coefficient (Wildman–Crippen LogP) is 5.32. The summed E-state index contributed by atoms with van der Waals surface area (Å²) in [7, 11) is 0. The van der Waals surface area contributed by atoms with Crippen LogP contribution in [0.25, 0.3) is 0 Å². The van der Waals surface area contributed by atoms with Crippen molar-refractivity contribution < 1.29 is 9.59 Å². The lowest BCUT2D eigenvalue weighted by Crippen LogP contribution is -2.48. The van der Waals surface area contributed by atoms with Gasteiger partial charge in [0.1, 0.15) is 0 Å². The monoisotopic (exact) mass is 431 g/mol. The molecule has 1 fully saturated rings. The highest BCUT2D eigenvalue weighted by atomic mass is 35.5. The molecule has 1 N–H and O–H groups in total. The van der Waals surface area contributed by atoms with Gasteiger partial charge < -0.3 is 15.1 Å². The zero-order valence-electron chi connectivity index (χ0n) is 16.3. The number of hydrogen-bond acceptors (Lipinski definition) is 2. The smallest absolute Gasteiger partial charge is 0.321 e. The molecule has 0 bridgehead atoms. The van der Waals surface area contributed by atoms with E-state index in [-0.39, 0.29) is 17.4 Å². The number of halogens is 2. The van der Waals surface area contributed by atoms with Crippen molar-refractivity contribution in [3.05, 3.63) is 58.1 Å². The molecule has 29 heavy (non-hydrogen) atoms. The molecule has 1 saturated heterocycles. The molecular formula is C22H23Cl2N3O2. The van der Waals surface area contributed by atoms with Crippen LogP contribution in [0.4, 0.5) is 16.2 Å². The Balaban J connectivity index is 1.48. The Labute approximate surface area is 180 Å². The Kier molecular flexibility index (Phi) is 5.45. The molecule has 7 heteroatoms. The Hall–Kier alpha value is -2.24. The van der Waals surface area contributed by atoms with E-state index in [1.165, 1.54) is 5.56 Å². The minimum absolute atomic E-state index is 0.0914. The molecule has 0 saturated carbocycles.